The number of benzene rings is 2. The van der Waals surface area contributed by atoms with Crippen molar-refractivity contribution in [2.24, 2.45) is 11.8 Å². The molecule has 27 heavy (non-hydrogen) atoms. The number of amides is 2. The number of fused-ring (bicyclic) bond motifs is 1. The lowest BCUT2D eigenvalue weighted by Gasteiger charge is -2.14. The minimum atomic E-state index is -2.97. The summed E-state index contributed by atoms with van der Waals surface area (Å²) >= 11 is 0. The fourth-order valence-corrected chi connectivity index (χ4v) is 5.34. The van der Waals surface area contributed by atoms with E-state index in [1.165, 1.54) is 0 Å². The summed E-state index contributed by atoms with van der Waals surface area (Å²) in [5, 5.41) is 7.60. The van der Waals surface area contributed by atoms with E-state index in [9.17, 15) is 18.0 Å². The van der Waals surface area contributed by atoms with Crippen LogP contribution >= 0.6 is 0 Å². The zero-order valence-corrected chi connectivity index (χ0v) is 15.7. The van der Waals surface area contributed by atoms with Crippen LogP contribution in [0.3, 0.4) is 0 Å². The first-order valence-corrected chi connectivity index (χ1v) is 11.1. The van der Waals surface area contributed by atoms with Crippen molar-refractivity contribution >= 4 is 38.1 Å². The van der Waals surface area contributed by atoms with E-state index in [0.29, 0.717) is 24.2 Å². The van der Waals surface area contributed by atoms with Gasteiger partial charge in [0.2, 0.25) is 5.91 Å². The highest BCUT2D eigenvalue weighted by atomic mass is 32.2. The van der Waals surface area contributed by atoms with Crippen LogP contribution in [0.2, 0.25) is 0 Å². The standard InChI is InChI=1S/C20H22N2O4S/c23-19(14-5-6-14)22-18-10-16-4-2-1-3-15(16)9-17(18)20(24)21-11-13-7-8-27(25,26)12-13/h1-4,9-10,13-14H,5-8,11-12H2,(H,21,24)(H,22,23). The second-order valence-electron chi connectivity index (χ2n) is 7.49. The maximum absolute atomic E-state index is 12.8. The fraction of sp³-hybridized carbons (Fsp3) is 0.400. The van der Waals surface area contributed by atoms with Gasteiger partial charge in [-0.2, -0.15) is 0 Å². The second-order valence-corrected chi connectivity index (χ2v) is 9.72. The summed E-state index contributed by atoms with van der Waals surface area (Å²) < 4.78 is 23.2. The van der Waals surface area contributed by atoms with E-state index in [1.807, 2.05) is 30.3 Å². The summed E-state index contributed by atoms with van der Waals surface area (Å²) in [7, 11) is -2.97. The SMILES string of the molecule is O=C(NCC1CCS(=O)(=O)C1)c1cc2ccccc2cc1NC(=O)C1CC1. The van der Waals surface area contributed by atoms with E-state index in [1.54, 1.807) is 6.07 Å². The Morgan fingerprint density at radius 1 is 1.04 bits per heavy atom. The smallest absolute Gasteiger partial charge is 0.253 e. The largest absolute Gasteiger partial charge is 0.352 e. The first kappa shape index (κ1) is 18.0. The van der Waals surface area contributed by atoms with Crippen LogP contribution in [-0.4, -0.2) is 38.3 Å². The van der Waals surface area contributed by atoms with Gasteiger partial charge in [0.25, 0.3) is 5.91 Å². The van der Waals surface area contributed by atoms with Gasteiger partial charge >= 0.3 is 0 Å². The molecular weight excluding hydrogens is 364 g/mol. The zero-order valence-electron chi connectivity index (χ0n) is 14.9. The lowest BCUT2D eigenvalue weighted by atomic mass is 10.0. The molecular formula is C20H22N2O4S. The molecule has 1 saturated carbocycles. The van der Waals surface area contributed by atoms with Crippen LogP contribution in [0.4, 0.5) is 5.69 Å². The topological polar surface area (TPSA) is 92.3 Å². The molecule has 1 unspecified atom stereocenters. The minimum absolute atomic E-state index is 0.0380. The van der Waals surface area contributed by atoms with Crippen LogP contribution in [-0.2, 0) is 14.6 Å². The second kappa shape index (κ2) is 6.96. The van der Waals surface area contributed by atoms with Gasteiger partial charge in [-0.25, -0.2) is 8.42 Å². The average Bonchev–Trinajstić information content (AvgIpc) is 3.43. The average molecular weight is 386 g/mol. The lowest BCUT2D eigenvalue weighted by molar-refractivity contribution is -0.117. The van der Waals surface area contributed by atoms with Crippen molar-refractivity contribution in [2.45, 2.75) is 19.3 Å². The first-order valence-electron chi connectivity index (χ1n) is 9.23. The highest BCUT2D eigenvalue weighted by molar-refractivity contribution is 7.91. The quantitative estimate of drug-likeness (QED) is 0.825. The molecule has 1 aliphatic carbocycles. The molecule has 2 aromatic rings. The molecule has 0 bridgehead atoms. The third-order valence-electron chi connectivity index (χ3n) is 5.21. The number of hydrogen-bond donors (Lipinski definition) is 2. The van der Waals surface area contributed by atoms with Gasteiger partial charge in [-0.3, -0.25) is 9.59 Å². The molecule has 142 valence electrons. The first-order chi connectivity index (χ1) is 12.9. The van der Waals surface area contributed by atoms with Gasteiger partial charge in [0.05, 0.1) is 22.8 Å². The van der Waals surface area contributed by atoms with Crippen LogP contribution in [0.15, 0.2) is 36.4 Å². The van der Waals surface area contributed by atoms with Gasteiger partial charge in [-0.05, 0) is 48.1 Å². The highest BCUT2D eigenvalue weighted by Crippen LogP contribution is 2.32. The molecule has 1 saturated heterocycles. The van der Waals surface area contributed by atoms with Gasteiger partial charge in [0, 0.05) is 12.5 Å². The number of carbonyl (C=O) groups is 2. The van der Waals surface area contributed by atoms with Crippen molar-refractivity contribution in [3.05, 3.63) is 42.0 Å². The zero-order chi connectivity index (χ0) is 19.0. The third kappa shape index (κ3) is 4.13. The summed E-state index contributed by atoms with van der Waals surface area (Å²) in [6, 6.07) is 11.3. The number of anilines is 1. The molecule has 0 radical (unpaired) electrons. The van der Waals surface area contributed by atoms with Crippen LogP contribution in [0.25, 0.3) is 10.8 Å². The van der Waals surface area contributed by atoms with Crippen LogP contribution < -0.4 is 10.6 Å². The van der Waals surface area contributed by atoms with E-state index in [0.717, 1.165) is 23.6 Å². The van der Waals surface area contributed by atoms with Crippen molar-refractivity contribution < 1.29 is 18.0 Å². The van der Waals surface area contributed by atoms with Crippen molar-refractivity contribution in [1.82, 2.24) is 5.32 Å². The van der Waals surface area contributed by atoms with Crippen molar-refractivity contribution in [3.8, 4) is 0 Å². The maximum atomic E-state index is 12.8. The Balaban J connectivity index is 1.56. The fourth-order valence-electron chi connectivity index (χ4n) is 3.48. The third-order valence-corrected chi connectivity index (χ3v) is 7.05. The van der Waals surface area contributed by atoms with Gasteiger partial charge in [-0.15, -0.1) is 0 Å². The van der Waals surface area contributed by atoms with E-state index in [2.05, 4.69) is 10.6 Å². The molecule has 7 heteroatoms. The van der Waals surface area contributed by atoms with Gasteiger partial charge in [0.15, 0.2) is 9.84 Å². The highest BCUT2D eigenvalue weighted by Gasteiger charge is 2.31. The number of nitrogens with one attached hydrogen (secondary N) is 2. The predicted octanol–water partition coefficient (Wildman–Crippen LogP) is 2.35. The summed E-state index contributed by atoms with van der Waals surface area (Å²) in [6.45, 7) is 0.320. The summed E-state index contributed by atoms with van der Waals surface area (Å²) in [5.41, 5.74) is 0.908. The number of hydrogen-bond acceptors (Lipinski definition) is 4. The van der Waals surface area contributed by atoms with Crippen molar-refractivity contribution in [2.75, 3.05) is 23.4 Å². The Kier molecular flexibility index (Phi) is 4.63. The van der Waals surface area contributed by atoms with Gasteiger partial charge in [-0.1, -0.05) is 24.3 Å². The molecule has 2 fully saturated rings. The molecule has 1 heterocycles. The molecule has 2 aliphatic rings. The summed E-state index contributed by atoms with van der Waals surface area (Å²) in [5.74, 6) is -0.0555. The van der Waals surface area contributed by atoms with E-state index >= 15 is 0 Å². The Morgan fingerprint density at radius 2 is 1.74 bits per heavy atom. The normalized spacial score (nSPS) is 21.1. The van der Waals surface area contributed by atoms with Gasteiger partial charge in [0.1, 0.15) is 0 Å². The monoisotopic (exact) mass is 386 g/mol. The van der Waals surface area contributed by atoms with Crippen molar-refractivity contribution in [3.63, 3.8) is 0 Å². The van der Waals surface area contributed by atoms with Gasteiger partial charge < -0.3 is 10.6 Å². The molecule has 2 N–H and O–H groups in total. The lowest BCUT2D eigenvalue weighted by Crippen LogP contribution is -2.30. The molecule has 6 nitrogen and oxygen atoms in total. The molecule has 4 rings (SSSR count). The molecule has 2 aromatic carbocycles. The van der Waals surface area contributed by atoms with E-state index < -0.39 is 9.84 Å². The molecule has 1 atom stereocenters. The Hall–Kier alpha value is -2.41. The Bertz CT molecular complexity index is 1010. The Morgan fingerprint density at radius 3 is 2.37 bits per heavy atom. The maximum Gasteiger partial charge on any atom is 0.253 e. The molecule has 2 amide bonds. The molecule has 0 spiro atoms. The summed E-state index contributed by atoms with van der Waals surface area (Å²) in [4.78, 5) is 25.0. The number of carbonyl (C=O) groups excluding carboxylic acids is 2. The van der Waals surface area contributed by atoms with Crippen molar-refractivity contribution in [1.29, 1.82) is 0 Å². The Labute approximate surface area is 158 Å². The van der Waals surface area contributed by atoms with Crippen LogP contribution in [0, 0.1) is 11.8 Å². The molecule has 1 aliphatic heterocycles. The predicted molar refractivity (Wildman–Crippen MR) is 104 cm³/mol. The minimum Gasteiger partial charge on any atom is -0.352 e. The van der Waals surface area contributed by atoms with Crippen LogP contribution in [0.1, 0.15) is 29.6 Å². The van der Waals surface area contributed by atoms with E-state index in [4.69, 9.17) is 0 Å². The van der Waals surface area contributed by atoms with Crippen LogP contribution in [0.5, 0.6) is 0 Å². The molecule has 0 aromatic heterocycles. The number of rotatable bonds is 5. The number of sulfone groups is 1. The summed E-state index contributed by atoms with van der Waals surface area (Å²) in [6.07, 6.45) is 2.35. The van der Waals surface area contributed by atoms with E-state index in [-0.39, 0.29) is 35.2 Å².